The summed E-state index contributed by atoms with van der Waals surface area (Å²) >= 11 is 0. The number of nitrogens with zero attached hydrogens (tertiary/aromatic N) is 5. The number of halogens is 1. The lowest BCUT2D eigenvalue weighted by molar-refractivity contribution is -0.121. The molecule has 0 spiro atoms. The number of carbonyl (C=O) groups is 1. The zero-order chi connectivity index (χ0) is 17.4. The fourth-order valence-corrected chi connectivity index (χ4v) is 3.04. The number of anilines is 1. The maximum atomic E-state index is 14.1. The lowest BCUT2D eigenvalue weighted by atomic mass is 10.1. The molecular formula is C18H16FN5O. The minimum atomic E-state index is -0.671. The van der Waals surface area contributed by atoms with E-state index in [0.717, 1.165) is 11.1 Å². The van der Waals surface area contributed by atoms with Crippen LogP contribution in [-0.4, -0.2) is 32.7 Å². The van der Waals surface area contributed by atoms with E-state index in [1.54, 1.807) is 13.0 Å². The molecule has 0 saturated carbocycles. The Hall–Kier alpha value is -3.09. The van der Waals surface area contributed by atoms with Gasteiger partial charge in [-0.3, -0.25) is 4.79 Å². The van der Waals surface area contributed by atoms with Crippen molar-refractivity contribution in [2.75, 3.05) is 11.4 Å². The van der Waals surface area contributed by atoms with Crippen LogP contribution in [0.5, 0.6) is 0 Å². The average Bonchev–Trinajstić information content (AvgIpc) is 3.29. The number of hydrogen-bond donors (Lipinski definition) is 0. The van der Waals surface area contributed by atoms with Gasteiger partial charge in [0.15, 0.2) is 0 Å². The van der Waals surface area contributed by atoms with Crippen molar-refractivity contribution in [3.8, 4) is 11.4 Å². The lowest BCUT2D eigenvalue weighted by Gasteiger charge is -2.21. The van der Waals surface area contributed by atoms with Crippen LogP contribution in [0, 0.1) is 5.82 Å². The molecule has 6 nitrogen and oxygen atoms in total. The molecule has 2 heterocycles. The Bertz CT molecular complexity index is 924. The van der Waals surface area contributed by atoms with E-state index in [0.29, 0.717) is 24.5 Å². The average molecular weight is 337 g/mol. The van der Waals surface area contributed by atoms with Crippen LogP contribution in [0.25, 0.3) is 11.4 Å². The summed E-state index contributed by atoms with van der Waals surface area (Å²) in [5.74, 6) is -0.179. The van der Waals surface area contributed by atoms with E-state index in [1.165, 1.54) is 15.8 Å². The fraction of sp³-hybridized carbons (Fsp3) is 0.222. The molecule has 0 radical (unpaired) electrons. The van der Waals surface area contributed by atoms with Gasteiger partial charge in [0, 0.05) is 12.1 Å². The third-order valence-corrected chi connectivity index (χ3v) is 4.38. The molecule has 2 aromatic carbocycles. The molecule has 0 unspecified atom stereocenters. The number of rotatable bonds is 3. The topological polar surface area (TPSA) is 63.9 Å². The molecule has 7 heteroatoms. The van der Waals surface area contributed by atoms with E-state index in [4.69, 9.17) is 0 Å². The number of aromatic nitrogens is 4. The predicted molar refractivity (Wildman–Crippen MR) is 90.4 cm³/mol. The first-order chi connectivity index (χ1) is 12.1. The van der Waals surface area contributed by atoms with Crippen LogP contribution >= 0.6 is 0 Å². The number of para-hydroxylation sites is 1. The second-order valence-corrected chi connectivity index (χ2v) is 5.96. The molecule has 1 amide bonds. The number of hydrogen-bond acceptors (Lipinski definition) is 4. The van der Waals surface area contributed by atoms with Crippen LogP contribution in [0.3, 0.4) is 0 Å². The maximum Gasteiger partial charge on any atom is 0.253 e. The monoisotopic (exact) mass is 337 g/mol. The summed E-state index contributed by atoms with van der Waals surface area (Å²) in [6.45, 7) is 2.15. The molecule has 0 aliphatic carbocycles. The van der Waals surface area contributed by atoms with E-state index < -0.39 is 6.04 Å². The minimum Gasteiger partial charge on any atom is -0.307 e. The summed E-state index contributed by atoms with van der Waals surface area (Å²) in [5.41, 5.74) is 2.03. The summed E-state index contributed by atoms with van der Waals surface area (Å²) in [6.07, 6.45) is 0.644. The molecule has 4 rings (SSSR count). The van der Waals surface area contributed by atoms with E-state index in [1.807, 2.05) is 36.4 Å². The highest BCUT2D eigenvalue weighted by Gasteiger charge is 2.32. The van der Waals surface area contributed by atoms with Gasteiger partial charge in [-0.05, 0) is 30.2 Å². The van der Waals surface area contributed by atoms with Crippen molar-refractivity contribution in [2.24, 2.45) is 0 Å². The van der Waals surface area contributed by atoms with Crippen LogP contribution in [0.4, 0.5) is 10.1 Å². The van der Waals surface area contributed by atoms with Crippen LogP contribution in [0.15, 0.2) is 48.5 Å². The first-order valence-corrected chi connectivity index (χ1v) is 8.09. The van der Waals surface area contributed by atoms with Gasteiger partial charge in [-0.25, -0.2) is 4.39 Å². The molecule has 1 atom stereocenters. The Morgan fingerprint density at radius 1 is 1.16 bits per heavy atom. The van der Waals surface area contributed by atoms with Gasteiger partial charge in [0.1, 0.15) is 11.9 Å². The first-order valence-electron chi connectivity index (χ1n) is 8.09. The molecule has 25 heavy (non-hydrogen) atoms. The van der Waals surface area contributed by atoms with Crippen molar-refractivity contribution < 1.29 is 9.18 Å². The number of tetrazole rings is 1. The van der Waals surface area contributed by atoms with Gasteiger partial charge < -0.3 is 4.90 Å². The zero-order valence-corrected chi connectivity index (χ0v) is 13.6. The molecular weight excluding hydrogens is 321 g/mol. The quantitative estimate of drug-likeness (QED) is 0.737. The van der Waals surface area contributed by atoms with E-state index in [-0.39, 0.29) is 11.7 Å². The van der Waals surface area contributed by atoms with E-state index >= 15 is 0 Å². The number of amides is 1. The minimum absolute atomic E-state index is 0.249. The Labute approximate surface area is 143 Å². The molecule has 0 saturated heterocycles. The van der Waals surface area contributed by atoms with Gasteiger partial charge in [0.2, 0.25) is 5.82 Å². The summed E-state index contributed by atoms with van der Waals surface area (Å²) < 4.78 is 14.1. The van der Waals surface area contributed by atoms with Gasteiger partial charge in [-0.1, -0.05) is 42.5 Å². The molecule has 0 fully saturated rings. The highest BCUT2D eigenvalue weighted by molar-refractivity contribution is 5.97. The van der Waals surface area contributed by atoms with Gasteiger partial charge >= 0.3 is 0 Å². The maximum absolute atomic E-state index is 14.1. The van der Waals surface area contributed by atoms with Crippen molar-refractivity contribution in [2.45, 2.75) is 19.4 Å². The molecule has 126 valence electrons. The number of benzene rings is 2. The van der Waals surface area contributed by atoms with Gasteiger partial charge in [0.25, 0.3) is 5.91 Å². The second-order valence-electron chi connectivity index (χ2n) is 5.96. The summed E-state index contributed by atoms with van der Waals surface area (Å²) in [6, 6.07) is 13.6. The van der Waals surface area contributed by atoms with Crippen molar-refractivity contribution in [1.82, 2.24) is 20.2 Å². The summed E-state index contributed by atoms with van der Waals surface area (Å²) in [7, 11) is 0. The van der Waals surface area contributed by atoms with Crippen molar-refractivity contribution in [1.29, 1.82) is 0 Å². The van der Waals surface area contributed by atoms with E-state index in [2.05, 4.69) is 15.4 Å². The zero-order valence-electron chi connectivity index (χ0n) is 13.6. The van der Waals surface area contributed by atoms with Gasteiger partial charge in [-0.15, -0.1) is 10.2 Å². The van der Waals surface area contributed by atoms with E-state index in [9.17, 15) is 9.18 Å². The Morgan fingerprint density at radius 3 is 2.76 bits per heavy atom. The van der Waals surface area contributed by atoms with Crippen LogP contribution in [-0.2, 0) is 11.2 Å². The molecule has 1 aliphatic heterocycles. The molecule has 1 aromatic heterocycles. The van der Waals surface area contributed by atoms with Crippen molar-refractivity contribution in [3.63, 3.8) is 0 Å². The summed E-state index contributed by atoms with van der Waals surface area (Å²) in [5, 5.41) is 12.3. The van der Waals surface area contributed by atoms with Crippen LogP contribution < -0.4 is 4.90 Å². The summed E-state index contributed by atoms with van der Waals surface area (Å²) in [4.78, 5) is 15.6. The standard InChI is InChI=1S/C18H16FN5O/c1-12(24-21-17(20-22-24)14-6-3-2-4-7-14)18(25)23-11-10-13-8-5-9-15(19)16(13)23/h2-9,12H,10-11H2,1H3/t12-/m1/s1. The van der Waals surface area contributed by atoms with Crippen LogP contribution in [0.2, 0.25) is 0 Å². The smallest absolute Gasteiger partial charge is 0.253 e. The largest absolute Gasteiger partial charge is 0.307 e. The third kappa shape index (κ3) is 2.67. The normalized spacial score (nSPS) is 14.4. The molecule has 1 aliphatic rings. The van der Waals surface area contributed by atoms with Gasteiger partial charge in [0.05, 0.1) is 5.69 Å². The van der Waals surface area contributed by atoms with Gasteiger partial charge in [-0.2, -0.15) is 4.80 Å². The number of carbonyl (C=O) groups excluding carboxylic acids is 1. The molecule has 0 bridgehead atoms. The Morgan fingerprint density at radius 2 is 1.96 bits per heavy atom. The SMILES string of the molecule is C[C@H](C(=O)N1CCc2cccc(F)c21)n1nnc(-c2ccccc2)n1. The highest BCUT2D eigenvalue weighted by atomic mass is 19.1. The second kappa shape index (κ2) is 6.08. The predicted octanol–water partition coefficient (Wildman–Crippen LogP) is 2.63. The van der Waals surface area contributed by atoms with Crippen LogP contribution in [0.1, 0.15) is 18.5 Å². The lowest BCUT2D eigenvalue weighted by Crippen LogP contribution is -2.36. The molecule has 3 aromatic rings. The Kier molecular flexibility index (Phi) is 3.76. The highest BCUT2D eigenvalue weighted by Crippen LogP contribution is 2.32. The number of fused-ring (bicyclic) bond motifs is 1. The first kappa shape index (κ1) is 15.4. The Balaban J connectivity index is 1.60. The van der Waals surface area contributed by atoms with Crippen molar-refractivity contribution >= 4 is 11.6 Å². The van der Waals surface area contributed by atoms with Crippen molar-refractivity contribution in [3.05, 3.63) is 59.9 Å². The fourth-order valence-electron chi connectivity index (χ4n) is 3.04. The molecule has 0 N–H and O–H groups in total. The third-order valence-electron chi connectivity index (χ3n) is 4.38.